The van der Waals surface area contributed by atoms with E-state index in [1.54, 1.807) is 12.4 Å². The third kappa shape index (κ3) is 4.81. The second-order valence-electron chi connectivity index (χ2n) is 8.91. The molecule has 5 rings (SSSR count). The molecule has 0 aliphatic carbocycles. The van der Waals surface area contributed by atoms with Crippen molar-refractivity contribution >= 4 is 17.5 Å². The second kappa shape index (κ2) is 10.2. The van der Waals surface area contributed by atoms with Gasteiger partial charge in [0.15, 0.2) is 16.8 Å². The van der Waals surface area contributed by atoms with E-state index < -0.39 is 0 Å². The van der Waals surface area contributed by atoms with Crippen molar-refractivity contribution in [3.05, 3.63) is 77.4 Å². The van der Waals surface area contributed by atoms with Gasteiger partial charge < -0.3 is 9.30 Å². The van der Waals surface area contributed by atoms with E-state index in [0.717, 1.165) is 59.8 Å². The maximum atomic E-state index is 13.3. The van der Waals surface area contributed by atoms with Gasteiger partial charge in [0.25, 0.3) is 0 Å². The highest BCUT2D eigenvalue weighted by atomic mass is 32.2. The van der Waals surface area contributed by atoms with Gasteiger partial charge in [-0.2, -0.15) is 0 Å². The monoisotopic (exact) mass is 487 g/mol. The van der Waals surface area contributed by atoms with Crippen LogP contribution in [0.2, 0.25) is 0 Å². The van der Waals surface area contributed by atoms with Crippen LogP contribution >= 0.6 is 11.8 Å². The Labute approximate surface area is 209 Å². The first-order valence-corrected chi connectivity index (χ1v) is 12.9. The number of nitrogens with zero attached hydrogens (tertiary/aromatic N) is 5. The predicted molar refractivity (Wildman–Crippen MR) is 137 cm³/mol. The van der Waals surface area contributed by atoms with Crippen LogP contribution in [-0.2, 0) is 11.3 Å². The van der Waals surface area contributed by atoms with E-state index in [-0.39, 0.29) is 17.6 Å². The van der Waals surface area contributed by atoms with Crippen LogP contribution in [0.25, 0.3) is 17.1 Å². The Hall–Kier alpha value is -3.23. The van der Waals surface area contributed by atoms with E-state index in [9.17, 15) is 4.79 Å². The van der Waals surface area contributed by atoms with Gasteiger partial charge in [-0.25, -0.2) is 0 Å². The van der Waals surface area contributed by atoms with Gasteiger partial charge in [-0.1, -0.05) is 30.0 Å². The van der Waals surface area contributed by atoms with Crippen molar-refractivity contribution in [3.8, 4) is 17.1 Å². The second-order valence-corrected chi connectivity index (χ2v) is 9.85. The summed E-state index contributed by atoms with van der Waals surface area (Å²) in [7, 11) is 0. The Balaban J connectivity index is 1.41. The van der Waals surface area contributed by atoms with Crippen molar-refractivity contribution in [3.63, 3.8) is 0 Å². The third-order valence-electron chi connectivity index (χ3n) is 6.53. The molecule has 0 saturated carbocycles. The van der Waals surface area contributed by atoms with Crippen LogP contribution in [0.5, 0.6) is 0 Å². The maximum Gasteiger partial charge on any atom is 0.196 e. The van der Waals surface area contributed by atoms with Crippen LogP contribution in [0.3, 0.4) is 0 Å². The first-order valence-electron chi connectivity index (χ1n) is 11.9. The largest absolute Gasteiger partial charge is 0.376 e. The van der Waals surface area contributed by atoms with Gasteiger partial charge in [-0.05, 0) is 63.4 Å². The summed E-state index contributed by atoms with van der Waals surface area (Å²) in [4.78, 5) is 17.5. The molecule has 8 heteroatoms. The number of rotatable bonds is 8. The van der Waals surface area contributed by atoms with E-state index in [0.29, 0.717) is 11.0 Å². The van der Waals surface area contributed by atoms with Crippen LogP contribution < -0.4 is 0 Å². The highest BCUT2D eigenvalue weighted by Crippen LogP contribution is 2.30. The topological polar surface area (TPSA) is 74.8 Å². The molecule has 1 aromatic carbocycles. The molecule has 0 bridgehead atoms. The predicted octanol–water partition coefficient (Wildman–Crippen LogP) is 5.21. The molecule has 1 unspecified atom stereocenters. The summed E-state index contributed by atoms with van der Waals surface area (Å²) >= 11 is 1.41. The highest BCUT2D eigenvalue weighted by Gasteiger charge is 2.23. The van der Waals surface area contributed by atoms with Crippen molar-refractivity contribution in [2.75, 3.05) is 12.4 Å². The van der Waals surface area contributed by atoms with Gasteiger partial charge >= 0.3 is 0 Å². The molecule has 1 atom stereocenters. The lowest BCUT2D eigenvalue weighted by atomic mass is 10.2. The minimum Gasteiger partial charge on any atom is -0.376 e. The molecular weight excluding hydrogens is 458 g/mol. The van der Waals surface area contributed by atoms with Crippen LogP contribution in [0.1, 0.15) is 40.2 Å². The molecule has 35 heavy (non-hydrogen) atoms. The average Bonchev–Trinajstić information content (AvgIpc) is 3.60. The Morgan fingerprint density at radius 3 is 2.74 bits per heavy atom. The molecule has 7 nitrogen and oxygen atoms in total. The molecule has 4 heterocycles. The van der Waals surface area contributed by atoms with Crippen LogP contribution in [0.4, 0.5) is 0 Å². The quantitative estimate of drug-likeness (QED) is 0.251. The summed E-state index contributed by atoms with van der Waals surface area (Å²) in [5, 5.41) is 9.61. The lowest BCUT2D eigenvalue weighted by molar-refractivity contribution is 0.0957. The minimum absolute atomic E-state index is 0.0870. The van der Waals surface area contributed by atoms with Crippen molar-refractivity contribution in [1.29, 1.82) is 0 Å². The Kier molecular flexibility index (Phi) is 6.83. The smallest absolute Gasteiger partial charge is 0.196 e. The van der Waals surface area contributed by atoms with E-state index in [1.807, 2.05) is 47.9 Å². The van der Waals surface area contributed by atoms with E-state index >= 15 is 0 Å². The molecule has 180 valence electrons. The van der Waals surface area contributed by atoms with Crippen LogP contribution in [0, 0.1) is 20.8 Å². The molecule has 1 aliphatic rings. The Morgan fingerprint density at radius 1 is 1.14 bits per heavy atom. The number of hydrogen-bond acceptors (Lipinski definition) is 6. The minimum atomic E-state index is 0.0870. The molecule has 0 amide bonds. The van der Waals surface area contributed by atoms with Crippen LogP contribution in [-0.4, -0.2) is 48.6 Å². The van der Waals surface area contributed by atoms with Gasteiger partial charge in [-0.3, -0.25) is 14.3 Å². The number of pyridine rings is 1. The number of aryl methyl sites for hydroxylation is 2. The number of thioether (sulfide) groups is 1. The molecule has 4 aromatic rings. The molecule has 3 aromatic heterocycles. The lowest BCUT2D eigenvalue weighted by Gasteiger charge is -2.15. The van der Waals surface area contributed by atoms with E-state index in [4.69, 9.17) is 4.74 Å². The number of ketones is 1. The maximum absolute atomic E-state index is 13.3. The zero-order valence-electron chi connectivity index (χ0n) is 20.3. The zero-order valence-corrected chi connectivity index (χ0v) is 21.1. The van der Waals surface area contributed by atoms with Gasteiger partial charge in [0.05, 0.1) is 17.5 Å². The number of aromatic nitrogens is 5. The highest BCUT2D eigenvalue weighted by molar-refractivity contribution is 7.99. The molecule has 0 N–H and O–H groups in total. The van der Waals surface area contributed by atoms with Crippen molar-refractivity contribution in [2.45, 2.75) is 51.4 Å². The van der Waals surface area contributed by atoms with Gasteiger partial charge in [0.2, 0.25) is 0 Å². The lowest BCUT2D eigenvalue weighted by Crippen LogP contribution is -2.17. The summed E-state index contributed by atoms with van der Waals surface area (Å²) in [5.74, 6) is 1.07. The fourth-order valence-electron chi connectivity index (χ4n) is 4.64. The fourth-order valence-corrected chi connectivity index (χ4v) is 5.47. The van der Waals surface area contributed by atoms with Crippen molar-refractivity contribution in [2.24, 2.45) is 0 Å². The number of carbonyl (C=O) groups is 1. The van der Waals surface area contributed by atoms with E-state index in [2.05, 4.69) is 39.7 Å². The van der Waals surface area contributed by atoms with Gasteiger partial charge in [0.1, 0.15) is 0 Å². The van der Waals surface area contributed by atoms with Crippen molar-refractivity contribution < 1.29 is 9.53 Å². The summed E-state index contributed by atoms with van der Waals surface area (Å²) in [6.45, 7) is 7.77. The Morgan fingerprint density at radius 2 is 2.00 bits per heavy atom. The molecule has 1 aliphatic heterocycles. The summed E-state index contributed by atoms with van der Waals surface area (Å²) in [6.07, 6.45) is 5.93. The normalized spacial score (nSPS) is 15.6. The number of para-hydroxylation sites is 1. The molecule has 0 radical (unpaired) electrons. The first-order chi connectivity index (χ1) is 17.0. The third-order valence-corrected chi connectivity index (χ3v) is 7.46. The standard InChI is InChI=1S/C27H29N5O2S/c1-18-8-4-5-11-24(18)32-26(21-9-6-12-28-15-21)29-30-27(32)35-17-25(33)23-14-19(2)31(20(23)3)16-22-10-7-13-34-22/h4-6,8-9,11-12,14-15,22H,7,10,13,16-17H2,1-3H3. The fraction of sp³-hybridized carbons (Fsp3) is 0.333. The molecular formula is C27H29N5O2S. The molecule has 0 spiro atoms. The van der Waals surface area contributed by atoms with E-state index in [1.165, 1.54) is 11.8 Å². The number of ether oxygens (including phenoxy) is 1. The first kappa shape index (κ1) is 23.5. The van der Waals surface area contributed by atoms with Gasteiger partial charge in [-0.15, -0.1) is 10.2 Å². The summed E-state index contributed by atoms with van der Waals surface area (Å²) < 4.78 is 10.0. The SMILES string of the molecule is Cc1ccccc1-n1c(SCC(=O)c2cc(C)n(CC3CCCO3)c2C)nnc1-c1cccnc1. The summed E-state index contributed by atoms with van der Waals surface area (Å²) in [6, 6.07) is 14.0. The Bertz CT molecular complexity index is 1340. The zero-order chi connectivity index (χ0) is 24.4. The molecule has 1 saturated heterocycles. The van der Waals surface area contributed by atoms with Gasteiger partial charge in [0, 0.05) is 48.1 Å². The van der Waals surface area contributed by atoms with Crippen molar-refractivity contribution in [1.82, 2.24) is 24.3 Å². The average molecular weight is 488 g/mol. The number of benzene rings is 1. The number of Topliss-reactive ketones (excluding diaryl/α,β-unsaturated/α-hetero) is 1. The van der Waals surface area contributed by atoms with Crippen LogP contribution in [0.15, 0.2) is 60.0 Å². The number of hydrogen-bond donors (Lipinski definition) is 0. The molecule has 1 fully saturated rings. The number of carbonyl (C=O) groups excluding carboxylic acids is 1. The summed E-state index contributed by atoms with van der Waals surface area (Å²) in [5.41, 5.74) is 5.82.